The molecular weight excluding hydrogens is 262 g/mol. The molecule has 0 saturated heterocycles. The highest BCUT2D eigenvalue weighted by atomic mass is 32.1. The monoisotopic (exact) mass is 287 g/mol. The van der Waals surface area contributed by atoms with E-state index >= 15 is 0 Å². The highest BCUT2D eigenvalue weighted by Crippen LogP contribution is 2.34. The summed E-state index contributed by atoms with van der Waals surface area (Å²) in [6, 6.07) is 0.315. The molecule has 110 valence electrons. The molecule has 5 N–H and O–H groups in total. The molecule has 0 aromatic rings. The Hall–Kier alpha value is -1.04. The number of nitrogens with one attached hydrogen (secondary N) is 2. The number of carbonyl (C=O) groups is 1. The van der Waals surface area contributed by atoms with Gasteiger partial charge in [0, 0.05) is 12.1 Å². The average Bonchev–Trinajstić information content (AvgIpc) is 2.25. The minimum atomic E-state index is -0.941. The van der Waals surface area contributed by atoms with Gasteiger partial charge in [-0.1, -0.05) is 20.8 Å². The third-order valence-corrected chi connectivity index (χ3v) is 3.92. The van der Waals surface area contributed by atoms with E-state index < -0.39 is 6.09 Å². The molecule has 19 heavy (non-hydrogen) atoms. The van der Waals surface area contributed by atoms with E-state index in [0.717, 1.165) is 25.7 Å². The van der Waals surface area contributed by atoms with E-state index in [1.807, 2.05) is 0 Å². The second-order valence-electron chi connectivity index (χ2n) is 6.41. The summed E-state index contributed by atoms with van der Waals surface area (Å²) in [5.41, 5.74) is 5.41. The molecule has 0 heterocycles. The molecule has 1 unspecified atom stereocenters. The number of carboxylic acid groups (broad SMARTS) is 1. The van der Waals surface area contributed by atoms with E-state index in [2.05, 4.69) is 31.4 Å². The fourth-order valence-corrected chi connectivity index (χ4v) is 3.14. The lowest BCUT2D eigenvalue weighted by molar-refractivity contribution is 0.131. The van der Waals surface area contributed by atoms with Crippen LogP contribution in [0, 0.1) is 11.3 Å². The van der Waals surface area contributed by atoms with Crippen LogP contribution in [0.25, 0.3) is 0 Å². The summed E-state index contributed by atoms with van der Waals surface area (Å²) in [5.74, 6) is 0.375. The molecule has 1 fully saturated rings. The maximum Gasteiger partial charge on any atom is 0.404 e. The molecule has 0 aliphatic heterocycles. The lowest BCUT2D eigenvalue weighted by Gasteiger charge is -2.40. The fraction of sp³-hybridized carbons (Fsp3) is 0.846. The summed E-state index contributed by atoms with van der Waals surface area (Å²) >= 11 is 4.85. The van der Waals surface area contributed by atoms with Crippen molar-refractivity contribution in [3.05, 3.63) is 0 Å². The maximum atomic E-state index is 11.0. The molecule has 0 aromatic carbocycles. The molecule has 1 rings (SSSR count). The van der Waals surface area contributed by atoms with Gasteiger partial charge in [-0.15, -0.1) is 0 Å². The van der Waals surface area contributed by atoms with Crippen LogP contribution in [0.1, 0.15) is 46.5 Å². The first-order valence-electron chi connectivity index (χ1n) is 6.75. The number of rotatable bonds is 3. The predicted molar refractivity (Wildman–Crippen MR) is 80.1 cm³/mol. The van der Waals surface area contributed by atoms with Crippen molar-refractivity contribution < 1.29 is 9.90 Å². The summed E-state index contributed by atoms with van der Waals surface area (Å²) < 4.78 is 0. The first-order valence-corrected chi connectivity index (χ1v) is 7.16. The summed E-state index contributed by atoms with van der Waals surface area (Å²) in [6.45, 7) is 6.23. The van der Waals surface area contributed by atoms with E-state index in [4.69, 9.17) is 23.1 Å². The van der Waals surface area contributed by atoms with Gasteiger partial charge in [0.05, 0.1) is 0 Å². The molecule has 5 nitrogen and oxygen atoms in total. The van der Waals surface area contributed by atoms with Gasteiger partial charge in [0.25, 0.3) is 0 Å². The summed E-state index contributed by atoms with van der Waals surface area (Å²) in [4.78, 5) is 11.0. The summed E-state index contributed by atoms with van der Waals surface area (Å²) in [5, 5.41) is 15.1. The molecule has 0 bridgehead atoms. The minimum Gasteiger partial charge on any atom is -0.465 e. The van der Waals surface area contributed by atoms with Crippen LogP contribution in [0.2, 0.25) is 0 Å². The Kier molecular flexibility index (Phi) is 5.40. The molecule has 0 radical (unpaired) electrons. The van der Waals surface area contributed by atoms with E-state index in [0.29, 0.717) is 17.1 Å². The Labute approximate surface area is 120 Å². The van der Waals surface area contributed by atoms with Crippen LogP contribution < -0.4 is 16.4 Å². The van der Waals surface area contributed by atoms with Crippen molar-refractivity contribution in [1.29, 1.82) is 0 Å². The zero-order valence-electron chi connectivity index (χ0n) is 11.9. The van der Waals surface area contributed by atoms with Crippen LogP contribution in [0.15, 0.2) is 0 Å². The second-order valence-corrected chi connectivity index (χ2v) is 6.85. The second kappa shape index (κ2) is 6.41. The van der Waals surface area contributed by atoms with Crippen molar-refractivity contribution >= 4 is 23.4 Å². The third-order valence-electron chi connectivity index (χ3n) is 3.80. The van der Waals surface area contributed by atoms with Crippen LogP contribution in [0.5, 0.6) is 0 Å². The number of amides is 1. The zero-order valence-corrected chi connectivity index (χ0v) is 12.7. The summed E-state index contributed by atoms with van der Waals surface area (Å²) in [7, 11) is 0. The Morgan fingerprint density at radius 1 is 1.32 bits per heavy atom. The van der Waals surface area contributed by atoms with Crippen LogP contribution in [-0.4, -0.2) is 28.4 Å². The molecule has 1 atom stereocenters. The first kappa shape index (κ1) is 16.0. The molecule has 6 heteroatoms. The van der Waals surface area contributed by atoms with Crippen LogP contribution >= 0.6 is 12.2 Å². The van der Waals surface area contributed by atoms with Gasteiger partial charge >= 0.3 is 6.09 Å². The zero-order chi connectivity index (χ0) is 14.6. The van der Waals surface area contributed by atoms with E-state index in [1.165, 1.54) is 0 Å². The van der Waals surface area contributed by atoms with Gasteiger partial charge < -0.3 is 21.5 Å². The van der Waals surface area contributed by atoms with E-state index in [9.17, 15) is 4.79 Å². The Morgan fingerprint density at radius 2 is 1.84 bits per heavy atom. The lowest BCUT2D eigenvalue weighted by atomic mass is 9.72. The van der Waals surface area contributed by atoms with Crippen molar-refractivity contribution in [3.63, 3.8) is 0 Å². The number of hydrogen-bond acceptors (Lipinski definition) is 2. The Balaban J connectivity index is 2.59. The lowest BCUT2D eigenvalue weighted by Crippen LogP contribution is -2.50. The number of hydrogen-bond donors (Lipinski definition) is 4. The van der Waals surface area contributed by atoms with Gasteiger partial charge in [0.2, 0.25) is 0 Å². The molecule has 1 saturated carbocycles. The van der Waals surface area contributed by atoms with Gasteiger partial charge in [-0.05, 0) is 49.2 Å². The van der Waals surface area contributed by atoms with E-state index in [1.54, 1.807) is 0 Å². The molecule has 1 aliphatic carbocycles. The predicted octanol–water partition coefficient (Wildman–Crippen LogP) is 2.06. The SMILES string of the molecule is CC(C)(C)C(NC(=O)O)C1CCC(NC(N)=S)CC1. The van der Waals surface area contributed by atoms with Crippen LogP contribution in [0.4, 0.5) is 4.79 Å². The van der Waals surface area contributed by atoms with Gasteiger partial charge in [-0.25, -0.2) is 4.79 Å². The van der Waals surface area contributed by atoms with E-state index in [-0.39, 0.29) is 11.5 Å². The van der Waals surface area contributed by atoms with Crippen molar-refractivity contribution in [3.8, 4) is 0 Å². The topological polar surface area (TPSA) is 87.4 Å². The highest BCUT2D eigenvalue weighted by molar-refractivity contribution is 7.80. The van der Waals surface area contributed by atoms with Gasteiger partial charge in [-0.3, -0.25) is 0 Å². The van der Waals surface area contributed by atoms with Crippen molar-refractivity contribution in [1.82, 2.24) is 10.6 Å². The average molecular weight is 287 g/mol. The normalized spacial score (nSPS) is 25.4. The molecule has 1 amide bonds. The van der Waals surface area contributed by atoms with Gasteiger partial charge in [0.15, 0.2) is 5.11 Å². The number of nitrogens with two attached hydrogens (primary N) is 1. The highest BCUT2D eigenvalue weighted by Gasteiger charge is 2.35. The summed E-state index contributed by atoms with van der Waals surface area (Å²) in [6.07, 6.45) is 3.00. The van der Waals surface area contributed by atoms with Crippen molar-refractivity contribution in [2.24, 2.45) is 17.1 Å². The van der Waals surface area contributed by atoms with Gasteiger partial charge in [-0.2, -0.15) is 0 Å². The quantitative estimate of drug-likeness (QED) is 0.597. The molecular formula is C13H25N3O2S. The van der Waals surface area contributed by atoms with Crippen molar-refractivity contribution in [2.75, 3.05) is 0 Å². The van der Waals surface area contributed by atoms with Crippen molar-refractivity contribution in [2.45, 2.75) is 58.5 Å². The maximum absolute atomic E-state index is 11.0. The standard InChI is InChI=1S/C13H25N3O2S/c1-13(2,3)10(16-12(17)18)8-4-6-9(7-5-8)15-11(14)19/h8-10,16H,4-7H2,1-3H3,(H,17,18)(H3,14,15,19). The fourth-order valence-electron chi connectivity index (χ4n) is 2.97. The molecule has 0 aromatic heterocycles. The molecule has 0 spiro atoms. The van der Waals surface area contributed by atoms with Crippen LogP contribution in [0.3, 0.4) is 0 Å². The minimum absolute atomic E-state index is 0.0178. The smallest absolute Gasteiger partial charge is 0.404 e. The first-order chi connectivity index (χ1) is 8.70. The van der Waals surface area contributed by atoms with Gasteiger partial charge in [0.1, 0.15) is 0 Å². The van der Waals surface area contributed by atoms with Crippen LogP contribution in [-0.2, 0) is 0 Å². The Bertz CT molecular complexity index is 333. The molecule has 1 aliphatic rings. The number of thiocarbonyl (C=S) groups is 1. The largest absolute Gasteiger partial charge is 0.465 e. The third kappa shape index (κ3) is 5.22. The Morgan fingerprint density at radius 3 is 2.21 bits per heavy atom.